The van der Waals surface area contributed by atoms with Crippen LogP contribution < -0.4 is 0 Å². The van der Waals surface area contributed by atoms with Gasteiger partial charge in [-0.1, -0.05) is 50.8 Å². The molecule has 0 saturated carbocycles. The van der Waals surface area contributed by atoms with Crippen LogP contribution in [0.1, 0.15) is 71.1 Å². The third-order valence-electron chi connectivity index (χ3n) is 2.89. The smallest absolute Gasteiger partial charge is 0.327 e. The van der Waals surface area contributed by atoms with Gasteiger partial charge in [0.25, 0.3) is 0 Å². The molecular weight excluding hydrogens is 224 g/mol. The number of allylic oxidation sites excluding steroid dienone is 3. The van der Waals surface area contributed by atoms with Crippen molar-refractivity contribution in [2.45, 2.75) is 71.1 Å². The number of hydrogen-bond donors (Lipinski definition) is 1. The van der Waals surface area contributed by atoms with E-state index in [2.05, 4.69) is 19.1 Å². The van der Waals surface area contributed by atoms with Gasteiger partial charge in [0.15, 0.2) is 0 Å². The minimum atomic E-state index is -0.844. The van der Waals surface area contributed by atoms with Crippen LogP contribution in [0.2, 0.25) is 0 Å². The minimum absolute atomic E-state index is 0.844. The Balaban J connectivity index is 3.13. The van der Waals surface area contributed by atoms with E-state index < -0.39 is 5.97 Å². The van der Waals surface area contributed by atoms with Crippen molar-refractivity contribution in [3.8, 4) is 0 Å². The van der Waals surface area contributed by atoms with Gasteiger partial charge in [-0.05, 0) is 38.5 Å². The molecule has 2 nitrogen and oxygen atoms in total. The minimum Gasteiger partial charge on any atom is -0.478 e. The molecule has 104 valence electrons. The average molecular weight is 252 g/mol. The number of unbranched alkanes of at least 4 members (excludes halogenated alkanes) is 8. The molecule has 0 spiro atoms. The van der Waals surface area contributed by atoms with Crippen LogP contribution in [-0.2, 0) is 4.79 Å². The molecule has 0 saturated heterocycles. The van der Waals surface area contributed by atoms with Crippen molar-refractivity contribution >= 4 is 5.97 Å². The van der Waals surface area contributed by atoms with E-state index >= 15 is 0 Å². The van der Waals surface area contributed by atoms with Crippen LogP contribution in [0.15, 0.2) is 24.3 Å². The summed E-state index contributed by atoms with van der Waals surface area (Å²) in [4.78, 5) is 10.2. The largest absolute Gasteiger partial charge is 0.478 e. The van der Waals surface area contributed by atoms with Crippen molar-refractivity contribution in [1.29, 1.82) is 0 Å². The zero-order valence-electron chi connectivity index (χ0n) is 11.7. The van der Waals surface area contributed by atoms with Crippen molar-refractivity contribution in [2.75, 3.05) is 0 Å². The quantitative estimate of drug-likeness (QED) is 0.298. The summed E-state index contributed by atoms with van der Waals surface area (Å²) < 4.78 is 0. The summed E-state index contributed by atoms with van der Waals surface area (Å²) in [5.74, 6) is -0.844. The molecule has 0 aromatic rings. The monoisotopic (exact) mass is 252 g/mol. The number of carboxylic acids is 1. The summed E-state index contributed by atoms with van der Waals surface area (Å²) in [6, 6.07) is 0. The molecule has 2 heteroatoms. The summed E-state index contributed by atoms with van der Waals surface area (Å²) in [7, 11) is 0. The first-order chi connectivity index (χ1) is 8.77. The molecule has 0 aliphatic heterocycles. The van der Waals surface area contributed by atoms with Gasteiger partial charge in [0.05, 0.1) is 0 Å². The molecule has 0 amide bonds. The van der Waals surface area contributed by atoms with E-state index in [1.54, 1.807) is 6.08 Å². The van der Waals surface area contributed by atoms with E-state index in [0.29, 0.717) is 0 Å². The lowest BCUT2D eigenvalue weighted by Crippen LogP contribution is -1.85. The first kappa shape index (κ1) is 16.9. The van der Waals surface area contributed by atoms with Crippen LogP contribution in [0.5, 0.6) is 0 Å². The van der Waals surface area contributed by atoms with Crippen molar-refractivity contribution in [3.63, 3.8) is 0 Å². The van der Waals surface area contributed by atoms with E-state index in [0.717, 1.165) is 12.8 Å². The molecule has 0 aliphatic rings. The number of rotatable bonds is 12. The number of carboxylic acid groups (broad SMARTS) is 1. The molecular formula is C16H28O2. The number of aliphatic carboxylic acids is 1. The Kier molecular flexibility index (Phi) is 13.2. The third-order valence-corrected chi connectivity index (χ3v) is 2.89. The zero-order chi connectivity index (χ0) is 13.5. The third kappa shape index (κ3) is 14.9. The lowest BCUT2D eigenvalue weighted by Gasteiger charge is -1.97. The second-order valence-corrected chi connectivity index (χ2v) is 4.70. The average Bonchev–Trinajstić information content (AvgIpc) is 2.34. The summed E-state index contributed by atoms with van der Waals surface area (Å²) in [6.45, 7) is 2.23. The normalized spacial score (nSPS) is 11.6. The van der Waals surface area contributed by atoms with Crippen LogP contribution in [0.4, 0.5) is 0 Å². The van der Waals surface area contributed by atoms with Gasteiger partial charge in [-0.3, -0.25) is 0 Å². The molecule has 0 atom stereocenters. The highest BCUT2D eigenvalue weighted by Gasteiger charge is 1.89. The van der Waals surface area contributed by atoms with Crippen molar-refractivity contribution in [2.24, 2.45) is 0 Å². The highest BCUT2D eigenvalue weighted by atomic mass is 16.4. The maximum atomic E-state index is 10.2. The van der Waals surface area contributed by atoms with Gasteiger partial charge < -0.3 is 5.11 Å². The Morgan fingerprint density at radius 2 is 1.33 bits per heavy atom. The molecule has 0 heterocycles. The van der Waals surface area contributed by atoms with Crippen LogP contribution in [0, 0.1) is 0 Å². The zero-order valence-corrected chi connectivity index (χ0v) is 11.7. The van der Waals surface area contributed by atoms with E-state index in [9.17, 15) is 4.79 Å². The van der Waals surface area contributed by atoms with E-state index in [-0.39, 0.29) is 0 Å². The first-order valence-corrected chi connectivity index (χ1v) is 7.31. The molecule has 1 N–H and O–H groups in total. The van der Waals surface area contributed by atoms with E-state index in [4.69, 9.17) is 5.11 Å². The molecule has 0 unspecified atom stereocenters. The Morgan fingerprint density at radius 3 is 1.83 bits per heavy atom. The predicted molar refractivity (Wildman–Crippen MR) is 77.8 cm³/mol. The summed E-state index contributed by atoms with van der Waals surface area (Å²) in [6.07, 6.45) is 19.7. The van der Waals surface area contributed by atoms with Crippen LogP contribution in [0.3, 0.4) is 0 Å². The Labute approximate surface area is 112 Å². The van der Waals surface area contributed by atoms with Crippen LogP contribution in [0.25, 0.3) is 0 Å². The lowest BCUT2D eigenvalue weighted by molar-refractivity contribution is -0.131. The van der Waals surface area contributed by atoms with Gasteiger partial charge in [0, 0.05) is 6.08 Å². The summed E-state index contributed by atoms with van der Waals surface area (Å²) in [5.41, 5.74) is 0. The fraction of sp³-hybridized carbons (Fsp3) is 0.688. The molecule has 0 aromatic heterocycles. The van der Waals surface area contributed by atoms with Gasteiger partial charge in [-0.2, -0.15) is 0 Å². The van der Waals surface area contributed by atoms with Crippen LogP contribution >= 0.6 is 0 Å². The molecule has 0 fully saturated rings. The van der Waals surface area contributed by atoms with Gasteiger partial charge in [0.2, 0.25) is 0 Å². The topological polar surface area (TPSA) is 37.3 Å². The summed E-state index contributed by atoms with van der Waals surface area (Å²) in [5, 5.41) is 8.40. The van der Waals surface area contributed by atoms with Gasteiger partial charge in [-0.25, -0.2) is 4.79 Å². The van der Waals surface area contributed by atoms with Crippen molar-refractivity contribution in [3.05, 3.63) is 24.3 Å². The SMILES string of the molecule is CCCCCC=CCCCCCCC=CC(=O)O. The molecule has 0 aromatic carbocycles. The Hall–Kier alpha value is -1.05. The molecule has 0 radical (unpaired) electrons. The van der Waals surface area contributed by atoms with Crippen LogP contribution in [-0.4, -0.2) is 11.1 Å². The van der Waals surface area contributed by atoms with Gasteiger partial charge >= 0.3 is 5.97 Å². The first-order valence-electron chi connectivity index (χ1n) is 7.31. The highest BCUT2D eigenvalue weighted by molar-refractivity contribution is 5.79. The van der Waals surface area contributed by atoms with Gasteiger partial charge in [-0.15, -0.1) is 0 Å². The summed E-state index contributed by atoms with van der Waals surface area (Å²) >= 11 is 0. The number of hydrogen-bond acceptors (Lipinski definition) is 1. The molecule has 18 heavy (non-hydrogen) atoms. The molecule has 0 rings (SSSR count). The highest BCUT2D eigenvalue weighted by Crippen LogP contribution is 2.07. The fourth-order valence-electron chi connectivity index (χ4n) is 1.81. The second-order valence-electron chi connectivity index (χ2n) is 4.70. The lowest BCUT2D eigenvalue weighted by atomic mass is 10.1. The van der Waals surface area contributed by atoms with Gasteiger partial charge in [0.1, 0.15) is 0 Å². The second kappa shape index (κ2) is 14.0. The van der Waals surface area contributed by atoms with E-state index in [1.807, 2.05) is 0 Å². The number of carbonyl (C=O) groups is 1. The van der Waals surface area contributed by atoms with E-state index in [1.165, 1.54) is 57.4 Å². The standard InChI is InChI=1S/C16H28O2/c1-2-3-4-5-6-7-8-9-10-11-12-13-14-15-16(17)18/h6-7,14-15H,2-5,8-13H2,1H3,(H,17,18). The maximum absolute atomic E-state index is 10.2. The predicted octanol–water partition coefficient (Wildman–Crippen LogP) is 5.10. The van der Waals surface area contributed by atoms with Crippen molar-refractivity contribution in [1.82, 2.24) is 0 Å². The molecule has 0 aliphatic carbocycles. The Morgan fingerprint density at radius 1 is 0.833 bits per heavy atom. The fourth-order valence-corrected chi connectivity index (χ4v) is 1.81. The maximum Gasteiger partial charge on any atom is 0.327 e. The molecule has 0 bridgehead atoms. The van der Waals surface area contributed by atoms with Crippen molar-refractivity contribution < 1.29 is 9.90 Å². The Bertz CT molecular complexity index is 241.